The van der Waals surface area contributed by atoms with Crippen LogP contribution in [-0.4, -0.2) is 51.2 Å². The molecule has 1 saturated heterocycles. The van der Waals surface area contributed by atoms with Gasteiger partial charge >= 0.3 is 0 Å². The van der Waals surface area contributed by atoms with Gasteiger partial charge in [-0.2, -0.15) is 0 Å². The van der Waals surface area contributed by atoms with E-state index in [4.69, 9.17) is 23.4 Å². The molecule has 5 fully saturated rings. The predicted molar refractivity (Wildman–Crippen MR) is 165 cm³/mol. The standard InChI is InChI=1S/C35H56O5Si/c1-32(2,3)41(8,9)40-27-19-18-24-28-29(26(21-35(24,27)36-7)37-22-23-15-11-10-12-16-23)34(6)20-14-13-17-25(34)30-31(28)39-33(4,5)38-30/h10-12,15-16,24-31H,13-14,17-22H2,1-9H3/t24?,25?,26?,27-,28?,29?,30+,31+,34-,35+/m0/s1. The Bertz CT molecular complexity index is 1080. The van der Waals surface area contributed by atoms with Crippen LogP contribution in [0.25, 0.3) is 0 Å². The van der Waals surface area contributed by atoms with Gasteiger partial charge in [-0.05, 0) is 92.3 Å². The molecule has 0 spiro atoms. The van der Waals surface area contributed by atoms with Crippen LogP contribution in [0.1, 0.15) is 92.1 Å². The zero-order chi connectivity index (χ0) is 29.4. The molecule has 6 rings (SSSR count). The molecule has 4 aliphatic carbocycles. The summed E-state index contributed by atoms with van der Waals surface area (Å²) < 4.78 is 35.0. The van der Waals surface area contributed by atoms with Crippen molar-refractivity contribution in [1.29, 1.82) is 0 Å². The van der Waals surface area contributed by atoms with Gasteiger partial charge in [-0.3, -0.25) is 0 Å². The minimum absolute atomic E-state index is 0.0699. The lowest BCUT2D eigenvalue weighted by Gasteiger charge is -2.64. The molecule has 1 aliphatic heterocycles. The van der Waals surface area contributed by atoms with Gasteiger partial charge in [0, 0.05) is 13.5 Å². The van der Waals surface area contributed by atoms with Crippen LogP contribution >= 0.6 is 0 Å². The molecule has 0 N–H and O–H groups in total. The maximum Gasteiger partial charge on any atom is 0.192 e. The van der Waals surface area contributed by atoms with Crippen LogP contribution in [0.15, 0.2) is 30.3 Å². The number of benzene rings is 1. The van der Waals surface area contributed by atoms with Crippen LogP contribution < -0.4 is 0 Å². The van der Waals surface area contributed by atoms with Crippen molar-refractivity contribution in [2.24, 2.45) is 29.1 Å². The summed E-state index contributed by atoms with van der Waals surface area (Å²) in [6.07, 6.45) is 8.47. The van der Waals surface area contributed by atoms with Gasteiger partial charge in [-0.15, -0.1) is 0 Å². The summed E-state index contributed by atoms with van der Waals surface area (Å²) in [5, 5.41) is 0.144. The normalized spacial score (nSPS) is 43.6. The molecular formula is C35H56O5Si. The Hall–Kier alpha value is -0.763. The van der Waals surface area contributed by atoms with Gasteiger partial charge in [-0.1, -0.05) is 70.9 Å². The van der Waals surface area contributed by atoms with E-state index in [0.29, 0.717) is 30.3 Å². The lowest BCUT2D eigenvalue weighted by atomic mass is 9.44. The van der Waals surface area contributed by atoms with Crippen LogP contribution in [0.3, 0.4) is 0 Å². The number of hydrogen-bond donors (Lipinski definition) is 0. The molecule has 0 radical (unpaired) electrons. The molecule has 5 unspecified atom stereocenters. The van der Waals surface area contributed by atoms with Gasteiger partial charge in [0.25, 0.3) is 0 Å². The first kappa shape index (κ1) is 30.3. The van der Waals surface area contributed by atoms with Crippen LogP contribution in [0.5, 0.6) is 0 Å². The quantitative estimate of drug-likeness (QED) is 0.316. The topological polar surface area (TPSA) is 46.2 Å². The molecule has 5 nitrogen and oxygen atoms in total. The Balaban J connectivity index is 1.43. The average Bonchev–Trinajstić information content (AvgIpc) is 3.43. The highest BCUT2D eigenvalue weighted by molar-refractivity contribution is 6.74. The largest absolute Gasteiger partial charge is 0.411 e. The Morgan fingerprint density at radius 3 is 2.32 bits per heavy atom. The minimum atomic E-state index is -2.02. The van der Waals surface area contributed by atoms with Gasteiger partial charge in [0.15, 0.2) is 14.1 Å². The Kier molecular flexibility index (Phi) is 7.69. The molecular weight excluding hydrogens is 528 g/mol. The first-order chi connectivity index (χ1) is 19.2. The van der Waals surface area contributed by atoms with E-state index in [1.807, 2.05) is 7.11 Å². The van der Waals surface area contributed by atoms with E-state index in [0.717, 1.165) is 19.3 Å². The Morgan fingerprint density at radius 1 is 0.927 bits per heavy atom. The number of ether oxygens (including phenoxy) is 4. The highest BCUT2D eigenvalue weighted by Crippen LogP contribution is 2.68. The maximum atomic E-state index is 7.29. The van der Waals surface area contributed by atoms with Crippen LogP contribution in [0, 0.1) is 29.1 Å². The van der Waals surface area contributed by atoms with Gasteiger partial charge in [0.2, 0.25) is 0 Å². The SMILES string of the molecule is CO[C@]12CC(OCc3ccccc3)C3C(C1CC[C@@H]2O[Si](C)(C)C(C)(C)C)[C@H]1OC(C)(C)O[C@@H]1C1CCCC[C@]31C. The lowest BCUT2D eigenvalue weighted by molar-refractivity contribution is -0.258. The number of methoxy groups -OCH3 is 1. The summed E-state index contributed by atoms with van der Waals surface area (Å²) in [6, 6.07) is 10.7. The minimum Gasteiger partial charge on any atom is -0.411 e. The van der Waals surface area contributed by atoms with Crippen molar-refractivity contribution in [2.45, 2.75) is 147 Å². The van der Waals surface area contributed by atoms with E-state index < -0.39 is 14.1 Å². The molecule has 230 valence electrons. The molecule has 0 bridgehead atoms. The van der Waals surface area contributed by atoms with Crippen molar-refractivity contribution in [3.05, 3.63) is 35.9 Å². The summed E-state index contributed by atoms with van der Waals surface area (Å²) in [6.45, 7) is 19.3. The zero-order valence-corrected chi connectivity index (χ0v) is 28.2. The first-order valence-corrected chi connectivity index (χ1v) is 19.4. The van der Waals surface area contributed by atoms with Crippen molar-refractivity contribution < 1.29 is 23.4 Å². The second-order valence-electron chi connectivity index (χ2n) is 16.3. The molecule has 4 saturated carbocycles. The van der Waals surface area contributed by atoms with E-state index in [9.17, 15) is 0 Å². The number of rotatable bonds is 6. The molecule has 6 heteroatoms. The van der Waals surface area contributed by atoms with Gasteiger partial charge in [0.05, 0.1) is 36.6 Å². The number of fused-ring (bicyclic) bond motifs is 8. The second-order valence-corrected chi connectivity index (χ2v) is 21.0. The number of hydrogen-bond acceptors (Lipinski definition) is 5. The third kappa shape index (κ3) is 4.91. The van der Waals surface area contributed by atoms with E-state index in [2.05, 4.69) is 85.0 Å². The van der Waals surface area contributed by atoms with E-state index in [-0.39, 0.29) is 40.5 Å². The van der Waals surface area contributed by atoms with Crippen LogP contribution in [0.2, 0.25) is 18.1 Å². The van der Waals surface area contributed by atoms with E-state index in [1.54, 1.807) is 0 Å². The van der Waals surface area contributed by atoms with Crippen molar-refractivity contribution in [3.8, 4) is 0 Å². The maximum absolute atomic E-state index is 7.29. The second kappa shape index (κ2) is 10.4. The summed E-state index contributed by atoms with van der Waals surface area (Å²) in [5.74, 6) is 1.04. The van der Waals surface area contributed by atoms with Gasteiger partial charge in [0.1, 0.15) is 0 Å². The molecule has 1 aromatic carbocycles. The highest BCUT2D eigenvalue weighted by Gasteiger charge is 2.72. The molecule has 41 heavy (non-hydrogen) atoms. The smallest absolute Gasteiger partial charge is 0.192 e. The highest BCUT2D eigenvalue weighted by atomic mass is 28.4. The fourth-order valence-corrected chi connectivity index (χ4v) is 11.2. The van der Waals surface area contributed by atoms with Crippen LogP contribution in [0.4, 0.5) is 0 Å². The molecule has 1 aromatic rings. The molecule has 5 aliphatic rings. The van der Waals surface area contributed by atoms with Gasteiger partial charge in [-0.25, -0.2) is 0 Å². The van der Waals surface area contributed by atoms with Crippen LogP contribution in [-0.2, 0) is 30.0 Å². The molecule has 0 amide bonds. The summed E-state index contributed by atoms with van der Waals surface area (Å²) >= 11 is 0. The fraction of sp³-hybridized carbons (Fsp3) is 0.829. The third-order valence-corrected chi connectivity index (χ3v) is 17.2. The van der Waals surface area contributed by atoms with Gasteiger partial charge < -0.3 is 23.4 Å². The monoisotopic (exact) mass is 584 g/mol. The Morgan fingerprint density at radius 2 is 1.63 bits per heavy atom. The predicted octanol–water partition coefficient (Wildman–Crippen LogP) is 8.12. The van der Waals surface area contributed by atoms with Crippen molar-refractivity contribution in [1.82, 2.24) is 0 Å². The molecule has 1 heterocycles. The summed E-state index contributed by atoms with van der Waals surface area (Å²) in [4.78, 5) is 0. The third-order valence-electron chi connectivity index (χ3n) is 12.7. The van der Waals surface area contributed by atoms with E-state index in [1.165, 1.54) is 31.2 Å². The average molecular weight is 585 g/mol. The van der Waals surface area contributed by atoms with E-state index >= 15 is 0 Å². The fourth-order valence-electron chi connectivity index (χ4n) is 9.86. The summed E-state index contributed by atoms with van der Waals surface area (Å²) in [5.41, 5.74) is 1.02. The van der Waals surface area contributed by atoms with Crippen molar-refractivity contribution in [2.75, 3.05) is 7.11 Å². The lowest BCUT2D eigenvalue weighted by Crippen LogP contribution is -2.69. The first-order valence-electron chi connectivity index (χ1n) is 16.5. The molecule has 10 atom stereocenters. The summed E-state index contributed by atoms with van der Waals surface area (Å²) in [7, 11) is -0.0746. The van der Waals surface area contributed by atoms with Crippen molar-refractivity contribution in [3.63, 3.8) is 0 Å². The Labute approximate surface area is 250 Å². The molecule has 0 aromatic heterocycles. The van der Waals surface area contributed by atoms with Crippen molar-refractivity contribution >= 4 is 8.32 Å². The zero-order valence-electron chi connectivity index (χ0n) is 27.2.